The van der Waals surface area contributed by atoms with E-state index in [1.807, 2.05) is 6.07 Å². The summed E-state index contributed by atoms with van der Waals surface area (Å²) in [5.74, 6) is -0.0924. The lowest BCUT2D eigenvalue weighted by Crippen LogP contribution is -2.04. The molecule has 1 aromatic rings. The topological polar surface area (TPSA) is 61.1 Å². The zero-order valence-corrected chi connectivity index (χ0v) is 7.90. The van der Waals surface area contributed by atoms with E-state index in [9.17, 15) is 9.90 Å². The first-order valence-electron chi connectivity index (χ1n) is 4.31. The highest BCUT2D eigenvalue weighted by molar-refractivity contribution is 5.76. The van der Waals surface area contributed by atoms with Gasteiger partial charge in [0.15, 0.2) is 0 Å². The van der Waals surface area contributed by atoms with Gasteiger partial charge < -0.3 is 5.11 Å². The Morgan fingerprint density at radius 2 is 2.21 bits per heavy atom. The van der Waals surface area contributed by atoms with Gasteiger partial charge in [-0.2, -0.15) is 5.26 Å². The van der Waals surface area contributed by atoms with Crippen LogP contribution in [0.3, 0.4) is 0 Å². The second-order valence-electron chi connectivity index (χ2n) is 3.12. The lowest BCUT2D eigenvalue weighted by Gasteiger charge is -2.09. The van der Waals surface area contributed by atoms with Crippen LogP contribution < -0.4 is 0 Å². The third kappa shape index (κ3) is 2.41. The molecule has 0 amide bonds. The Balaban J connectivity index is 2.95. The number of hydrogen-bond donors (Lipinski definition) is 1. The zero-order valence-electron chi connectivity index (χ0n) is 7.90. The van der Waals surface area contributed by atoms with E-state index in [1.54, 1.807) is 24.3 Å². The Morgan fingerprint density at radius 1 is 1.57 bits per heavy atom. The molecule has 3 heteroatoms. The molecule has 1 aromatic carbocycles. The molecular weight excluding hydrogens is 178 g/mol. The number of carbonyl (C=O) groups is 1. The van der Waals surface area contributed by atoms with Crippen LogP contribution in [0.25, 0.3) is 0 Å². The predicted octanol–water partition coefficient (Wildman–Crippen LogP) is 1.57. The van der Waals surface area contributed by atoms with E-state index >= 15 is 0 Å². The van der Waals surface area contributed by atoms with E-state index < -0.39 is 6.10 Å². The molecule has 1 N–H and O–H groups in total. The van der Waals surface area contributed by atoms with Crippen molar-refractivity contribution in [2.24, 2.45) is 0 Å². The van der Waals surface area contributed by atoms with Crippen molar-refractivity contribution in [3.8, 4) is 6.07 Å². The van der Waals surface area contributed by atoms with Crippen LogP contribution in [0, 0.1) is 11.3 Å². The first-order chi connectivity index (χ1) is 6.65. The molecule has 1 atom stereocenters. The molecule has 0 fully saturated rings. The summed E-state index contributed by atoms with van der Waals surface area (Å²) in [6, 6.07) is 8.72. The highest BCUT2D eigenvalue weighted by Gasteiger charge is 2.13. The number of nitriles is 1. The SMILES string of the molecule is CC(=O)C[C@@H](O)c1ccccc1C#N. The molecule has 0 heterocycles. The smallest absolute Gasteiger partial charge is 0.132 e. The fourth-order valence-electron chi connectivity index (χ4n) is 1.27. The van der Waals surface area contributed by atoms with Crippen LogP contribution in [0.5, 0.6) is 0 Å². The molecule has 0 saturated carbocycles. The van der Waals surface area contributed by atoms with Gasteiger partial charge in [-0.25, -0.2) is 0 Å². The van der Waals surface area contributed by atoms with Crippen molar-refractivity contribution in [2.45, 2.75) is 19.4 Å². The minimum atomic E-state index is -0.872. The number of Topliss-reactive ketones (excluding diaryl/α,β-unsaturated/α-hetero) is 1. The largest absolute Gasteiger partial charge is 0.388 e. The third-order valence-electron chi connectivity index (χ3n) is 1.92. The highest BCUT2D eigenvalue weighted by Crippen LogP contribution is 2.20. The molecule has 1 rings (SSSR count). The van der Waals surface area contributed by atoms with Crippen LogP contribution in [0.2, 0.25) is 0 Å². The molecule has 0 radical (unpaired) electrons. The second kappa shape index (κ2) is 4.54. The van der Waals surface area contributed by atoms with Gasteiger partial charge in [-0.3, -0.25) is 4.79 Å². The van der Waals surface area contributed by atoms with E-state index in [1.165, 1.54) is 6.92 Å². The molecule has 0 aliphatic heterocycles. The van der Waals surface area contributed by atoms with Crippen molar-refractivity contribution >= 4 is 5.78 Å². The summed E-state index contributed by atoms with van der Waals surface area (Å²) in [5, 5.41) is 18.4. The second-order valence-corrected chi connectivity index (χ2v) is 3.12. The first-order valence-corrected chi connectivity index (χ1v) is 4.31. The van der Waals surface area contributed by atoms with Gasteiger partial charge in [0.2, 0.25) is 0 Å². The summed E-state index contributed by atoms with van der Waals surface area (Å²) in [4.78, 5) is 10.8. The van der Waals surface area contributed by atoms with Gasteiger partial charge in [0, 0.05) is 6.42 Å². The average molecular weight is 189 g/mol. The Kier molecular flexibility index (Phi) is 3.38. The molecule has 0 aromatic heterocycles. The number of benzene rings is 1. The quantitative estimate of drug-likeness (QED) is 0.785. The van der Waals surface area contributed by atoms with Gasteiger partial charge >= 0.3 is 0 Å². The monoisotopic (exact) mass is 189 g/mol. The summed E-state index contributed by atoms with van der Waals surface area (Å²) < 4.78 is 0. The van der Waals surface area contributed by atoms with Crippen LogP contribution in [-0.4, -0.2) is 10.9 Å². The third-order valence-corrected chi connectivity index (χ3v) is 1.92. The minimum Gasteiger partial charge on any atom is -0.388 e. The number of nitrogens with zero attached hydrogens (tertiary/aromatic N) is 1. The summed E-state index contributed by atoms with van der Waals surface area (Å²) >= 11 is 0. The van der Waals surface area contributed by atoms with E-state index in [-0.39, 0.29) is 12.2 Å². The molecular formula is C11H11NO2. The number of rotatable bonds is 3. The Hall–Kier alpha value is -1.66. The zero-order chi connectivity index (χ0) is 10.6. The maximum absolute atomic E-state index is 10.8. The number of aliphatic hydroxyl groups is 1. The Bertz CT molecular complexity index is 379. The van der Waals surface area contributed by atoms with Gasteiger partial charge in [-0.1, -0.05) is 18.2 Å². The highest BCUT2D eigenvalue weighted by atomic mass is 16.3. The van der Waals surface area contributed by atoms with Crippen LogP contribution >= 0.6 is 0 Å². The molecule has 0 unspecified atom stereocenters. The summed E-state index contributed by atoms with van der Waals surface area (Å²) in [7, 11) is 0. The number of hydrogen-bond acceptors (Lipinski definition) is 3. The summed E-state index contributed by atoms with van der Waals surface area (Å²) in [5.41, 5.74) is 0.937. The standard InChI is InChI=1S/C11H11NO2/c1-8(13)6-11(14)10-5-3-2-4-9(10)7-12/h2-5,11,14H,6H2,1H3/t11-/m1/s1. The van der Waals surface area contributed by atoms with Crippen molar-refractivity contribution in [3.05, 3.63) is 35.4 Å². The molecule has 0 bridgehead atoms. The number of aliphatic hydroxyl groups excluding tert-OH is 1. The summed E-state index contributed by atoms with van der Waals surface area (Å²) in [6.45, 7) is 1.41. The average Bonchev–Trinajstić information content (AvgIpc) is 2.16. The van der Waals surface area contributed by atoms with Gasteiger partial charge in [-0.15, -0.1) is 0 Å². The molecule has 0 aliphatic rings. The van der Waals surface area contributed by atoms with E-state index in [2.05, 4.69) is 0 Å². The van der Waals surface area contributed by atoms with Crippen LogP contribution in [0.1, 0.15) is 30.6 Å². The lowest BCUT2D eigenvalue weighted by molar-refractivity contribution is -0.118. The Labute approximate surface area is 82.6 Å². The predicted molar refractivity (Wildman–Crippen MR) is 51.4 cm³/mol. The van der Waals surface area contributed by atoms with E-state index in [4.69, 9.17) is 5.26 Å². The van der Waals surface area contributed by atoms with Crippen molar-refractivity contribution in [3.63, 3.8) is 0 Å². The molecule has 0 spiro atoms. The van der Waals surface area contributed by atoms with Gasteiger partial charge in [0.25, 0.3) is 0 Å². The molecule has 0 aliphatic carbocycles. The Morgan fingerprint density at radius 3 is 2.79 bits per heavy atom. The van der Waals surface area contributed by atoms with Crippen LogP contribution in [0.4, 0.5) is 0 Å². The fourth-order valence-corrected chi connectivity index (χ4v) is 1.27. The van der Waals surface area contributed by atoms with Crippen molar-refractivity contribution < 1.29 is 9.90 Å². The maximum Gasteiger partial charge on any atom is 0.132 e. The molecule has 0 saturated heterocycles. The number of carbonyl (C=O) groups excluding carboxylic acids is 1. The van der Waals surface area contributed by atoms with Gasteiger partial charge in [-0.05, 0) is 18.6 Å². The molecule has 3 nitrogen and oxygen atoms in total. The number of ketones is 1. The first kappa shape index (κ1) is 10.4. The van der Waals surface area contributed by atoms with Crippen LogP contribution in [0.15, 0.2) is 24.3 Å². The van der Waals surface area contributed by atoms with Gasteiger partial charge in [0.05, 0.1) is 17.7 Å². The van der Waals surface area contributed by atoms with Crippen LogP contribution in [-0.2, 0) is 4.79 Å². The normalized spacial score (nSPS) is 11.8. The van der Waals surface area contributed by atoms with E-state index in [0.29, 0.717) is 11.1 Å². The minimum absolute atomic E-state index is 0.0543. The fraction of sp³-hybridized carbons (Fsp3) is 0.273. The van der Waals surface area contributed by atoms with Crippen molar-refractivity contribution in [2.75, 3.05) is 0 Å². The maximum atomic E-state index is 10.8. The lowest BCUT2D eigenvalue weighted by atomic mass is 10.00. The van der Waals surface area contributed by atoms with E-state index in [0.717, 1.165) is 0 Å². The molecule has 14 heavy (non-hydrogen) atoms. The van der Waals surface area contributed by atoms with Crippen molar-refractivity contribution in [1.29, 1.82) is 5.26 Å². The summed E-state index contributed by atoms with van der Waals surface area (Å²) in [6.07, 6.45) is -0.818. The van der Waals surface area contributed by atoms with Crippen molar-refractivity contribution in [1.82, 2.24) is 0 Å². The molecule has 72 valence electrons. The van der Waals surface area contributed by atoms with Gasteiger partial charge in [0.1, 0.15) is 5.78 Å².